The minimum atomic E-state index is -4.91. The normalized spacial score (nSPS) is 19.1. The molecule has 5 N–H and O–H groups in total. The van der Waals surface area contributed by atoms with Crippen LogP contribution in [0.3, 0.4) is 0 Å². The molecule has 13 heteroatoms. The number of aromatic nitrogens is 2. The molecule has 0 saturated carbocycles. The van der Waals surface area contributed by atoms with Gasteiger partial charge in [0.1, 0.15) is 5.82 Å². The number of aliphatic hydroxyl groups excluding tert-OH is 1. The number of alkyl halides is 3. The van der Waals surface area contributed by atoms with Crippen LogP contribution in [0.15, 0.2) is 47.7 Å². The van der Waals surface area contributed by atoms with E-state index in [-0.39, 0.29) is 34.5 Å². The van der Waals surface area contributed by atoms with Crippen LogP contribution in [0.5, 0.6) is 0 Å². The second-order valence-electron chi connectivity index (χ2n) is 9.66. The van der Waals surface area contributed by atoms with Crippen molar-refractivity contribution in [3.05, 3.63) is 75.7 Å². The number of rotatable bonds is 6. The highest BCUT2D eigenvalue weighted by molar-refractivity contribution is 5.94. The lowest BCUT2D eigenvalue weighted by Gasteiger charge is -2.44. The van der Waals surface area contributed by atoms with Gasteiger partial charge in [0.2, 0.25) is 11.5 Å². The molecule has 1 aliphatic rings. The lowest BCUT2D eigenvalue weighted by molar-refractivity contribution is -0.139. The molecule has 1 fully saturated rings. The Labute approximate surface area is 221 Å². The van der Waals surface area contributed by atoms with Crippen molar-refractivity contribution in [3.63, 3.8) is 0 Å². The number of benzene rings is 1. The van der Waals surface area contributed by atoms with Crippen molar-refractivity contribution >= 4 is 17.3 Å². The number of nitrogens with two attached hydrogens (primary N) is 1. The van der Waals surface area contributed by atoms with E-state index in [0.717, 1.165) is 6.20 Å². The SMILES string of the molecule is C[C@@H]1CN(c2cc(F)c(-c3cncc(C(N)=O)c3)cc2NC(O)c2c[nH]c(=O)cc2C(F)(F)F)C[C@H](C)N1C. The van der Waals surface area contributed by atoms with Gasteiger partial charge in [0.05, 0.1) is 22.5 Å². The number of primary amides is 1. The van der Waals surface area contributed by atoms with E-state index in [2.05, 4.69) is 20.2 Å². The molecular formula is C26H28F4N6O3. The molecular weight excluding hydrogens is 520 g/mol. The molecule has 1 saturated heterocycles. The Hall–Kier alpha value is -3.97. The molecule has 3 heterocycles. The van der Waals surface area contributed by atoms with E-state index in [1.807, 2.05) is 25.8 Å². The van der Waals surface area contributed by atoms with Gasteiger partial charge in [-0.05, 0) is 39.1 Å². The number of piperazine rings is 1. The number of amides is 1. The summed E-state index contributed by atoms with van der Waals surface area (Å²) >= 11 is 0. The lowest BCUT2D eigenvalue weighted by Crippen LogP contribution is -2.55. The predicted molar refractivity (Wildman–Crippen MR) is 138 cm³/mol. The number of halogens is 4. The smallest absolute Gasteiger partial charge is 0.369 e. The average Bonchev–Trinajstić information content (AvgIpc) is 2.87. The molecule has 1 aromatic carbocycles. The number of hydrogen-bond acceptors (Lipinski definition) is 7. The van der Waals surface area contributed by atoms with E-state index in [0.29, 0.717) is 24.8 Å². The van der Waals surface area contributed by atoms with Gasteiger partial charge in [-0.25, -0.2) is 4.39 Å². The number of H-pyrrole nitrogens is 1. The van der Waals surface area contributed by atoms with Gasteiger partial charge in [-0.2, -0.15) is 13.2 Å². The molecule has 0 aliphatic carbocycles. The van der Waals surface area contributed by atoms with Crippen LogP contribution in [0.4, 0.5) is 28.9 Å². The molecule has 0 bridgehead atoms. The van der Waals surface area contributed by atoms with Gasteiger partial charge >= 0.3 is 6.18 Å². The number of nitrogens with one attached hydrogen (secondary N) is 2. The summed E-state index contributed by atoms with van der Waals surface area (Å²) in [6.45, 7) is 4.95. The number of hydrogen-bond donors (Lipinski definition) is 4. The number of pyridine rings is 2. The zero-order valence-electron chi connectivity index (χ0n) is 21.4. The first kappa shape index (κ1) is 28.0. The summed E-state index contributed by atoms with van der Waals surface area (Å²) in [7, 11) is 1.97. The molecule has 9 nitrogen and oxygen atoms in total. The maximum atomic E-state index is 15.5. The van der Waals surface area contributed by atoms with Gasteiger partial charge in [0.15, 0.2) is 6.23 Å². The van der Waals surface area contributed by atoms with Gasteiger partial charge in [0.25, 0.3) is 0 Å². The number of nitrogens with zero attached hydrogens (tertiary/aromatic N) is 3. The first-order valence-corrected chi connectivity index (χ1v) is 12.1. The number of likely N-dealkylation sites (N-methyl/N-ethyl adjacent to an activating group) is 1. The van der Waals surface area contributed by atoms with Gasteiger partial charge in [0, 0.05) is 66.5 Å². The summed E-state index contributed by atoms with van der Waals surface area (Å²) in [5, 5.41) is 13.6. The maximum Gasteiger partial charge on any atom is 0.417 e. The minimum Gasteiger partial charge on any atom is -0.369 e. The predicted octanol–water partition coefficient (Wildman–Crippen LogP) is 3.33. The van der Waals surface area contributed by atoms with Crippen molar-refractivity contribution in [1.82, 2.24) is 14.9 Å². The van der Waals surface area contributed by atoms with E-state index in [4.69, 9.17) is 5.73 Å². The highest BCUT2D eigenvalue weighted by Crippen LogP contribution is 2.39. The first-order valence-electron chi connectivity index (χ1n) is 12.1. The van der Waals surface area contributed by atoms with Crippen LogP contribution in [0.1, 0.15) is 41.6 Å². The topological polar surface area (TPSA) is 128 Å². The number of carbonyl (C=O) groups is 1. The summed E-state index contributed by atoms with van der Waals surface area (Å²) in [5.74, 6) is -1.44. The molecule has 39 heavy (non-hydrogen) atoms. The number of aromatic amines is 1. The van der Waals surface area contributed by atoms with Crippen LogP contribution < -0.4 is 21.5 Å². The zero-order valence-corrected chi connectivity index (χ0v) is 21.4. The lowest BCUT2D eigenvalue weighted by atomic mass is 10.0. The summed E-state index contributed by atoms with van der Waals surface area (Å²) in [5.41, 5.74) is 3.10. The molecule has 1 unspecified atom stereocenters. The maximum absolute atomic E-state index is 15.5. The second-order valence-corrected chi connectivity index (χ2v) is 9.66. The fraction of sp³-hybridized carbons (Fsp3) is 0.346. The van der Waals surface area contributed by atoms with Gasteiger partial charge < -0.3 is 26.0 Å². The Bertz CT molecular complexity index is 1430. The van der Waals surface area contributed by atoms with Crippen molar-refractivity contribution in [1.29, 1.82) is 0 Å². The quantitative estimate of drug-likeness (QED) is 0.275. The van der Waals surface area contributed by atoms with E-state index in [9.17, 15) is 27.9 Å². The molecule has 2 aromatic heterocycles. The number of anilines is 2. The minimum absolute atomic E-state index is 0.0169. The standard InChI is InChI=1S/C26H28F4N6O3/c1-13-11-36(12-14(2)35(13)3)22-7-20(27)17(15-4-16(24(31)38)9-32-8-15)5-21(22)34-25(39)18-10-33-23(37)6-19(18)26(28,29)30/h4-10,13-14,25,34,39H,11-12H2,1-3H3,(H2,31,38)(H,33,37)/t13-,14+,25?. The average molecular weight is 549 g/mol. The van der Waals surface area contributed by atoms with Crippen molar-refractivity contribution < 1.29 is 27.5 Å². The van der Waals surface area contributed by atoms with Crippen molar-refractivity contribution in [2.75, 3.05) is 30.4 Å². The number of carbonyl (C=O) groups excluding carboxylic acids is 1. The summed E-state index contributed by atoms with van der Waals surface area (Å²) in [6.07, 6.45) is -3.51. The third kappa shape index (κ3) is 5.88. The molecule has 0 spiro atoms. The fourth-order valence-corrected chi connectivity index (χ4v) is 4.66. The van der Waals surface area contributed by atoms with Crippen LogP contribution in [-0.4, -0.2) is 58.1 Å². The van der Waals surface area contributed by atoms with Crippen LogP contribution in [0.2, 0.25) is 0 Å². The Morgan fingerprint density at radius 1 is 1.18 bits per heavy atom. The van der Waals surface area contributed by atoms with E-state index >= 15 is 4.39 Å². The summed E-state index contributed by atoms with van der Waals surface area (Å²) in [4.78, 5) is 33.3. The van der Waals surface area contributed by atoms with Crippen LogP contribution in [0, 0.1) is 5.82 Å². The highest BCUT2D eigenvalue weighted by atomic mass is 19.4. The van der Waals surface area contributed by atoms with Crippen LogP contribution >= 0.6 is 0 Å². The Morgan fingerprint density at radius 3 is 2.46 bits per heavy atom. The van der Waals surface area contributed by atoms with Crippen LogP contribution in [-0.2, 0) is 6.18 Å². The second kappa shape index (κ2) is 10.7. The Kier molecular flexibility index (Phi) is 7.66. The molecule has 4 rings (SSSR count). The van der Waals surface area contributed by atoms with Gasteiger partial charge in [-0.3, -0.25) is 19.5 Å². The highest BCUT2D eigenvalue weighted by Gasteiger charge is 2.36. The molecule has 3 atom stereocenters. The molecule has 1 amide bonds. The van der Waals surface area contributed by atoms with Gasteiger partial charge in [-0.1, -0.05) is 0 Å². The summed E-state index contributed by atoms with van der Waals surface area (Å²) in [6, 6.07) is 4.41. The Balaban J connectivity index is 1.83. The van der Waals surface area contributed by atoms with E-state index in [1.54, 1.807) is 0 Å². The molecule has 208 valence electrons. The first-order chi connectivity index (χ1) is 18.3. The third-order valence-corrected chi connectivity index (χ3v) is 6.97. The fourth-order valence-electron chi connectivity index (χ4n) is 4.66. The molecule has 1 aliphatic heterocycles. The van der Waals surface area contributed by atoms with Crippen molar-refractivity contribution in [3.8, 4) is 11.1 Å². The van der Waals surface area contributed by atoms with E-state index in [1.165, 1.54) is 30.6 Å². The Morgan fingerprint density at radius 2 is 1.85 bits per heavy atom. The summed E-state index contributed by atoms with van der Waals surface area (Å²) < 4.78 is 56.5. The van der Waals surface area contributed by atoms with E-state index < -0.39 is 40.8 Å². The molecule has 0 radical (unpaired) electrons. The largest absolute Gasteiger partial charge is 0.417 e. The van der Waals surface area contributed by atoms with Crippen LogP contribution in [0.25, 0.3) is 11.1 Å². The van der Waals surface area contributed by atoms with Crippen molar-refractivity contribution in [2.24, 2.45) is 5.73 Å². The zero-order chi connectivity index (χ0) is 28.6. The third-order valence-electron chi connectivity index (χ3n) is 6.97. The molecule has 3 aromatic rings. The van der Waals surface area contributed by atoms with Crippen molar-refractivity contribution in [2.45, 2.75) is 38.3 Å². The monoisotopic (exact) mass is 548 g/mol. The number of aliphatic hydroxyl groups is 1. The van der Waals surface area contributed by atoms with Gasteiger partial charge in [-0.15, -0.1) is 0 Å².